The number of ether oxygens (including phenoxy) is 2. The van der Waals surface area contributed by atoms with Gasteiger partial charge < -0.3 is 29.2 Å². The minimum absolute atomic E-state index is 0.0804. The number of aliphatic hydroxyl groups excluding tert-OH is 1. The molecule has 2 aliphatic rings. The third kappa shape index (κ3) is 5.75. The molecule has 0 spiro atoms. The number of amides is 1. The molecule has 2 aliphatic heterocycles. The number of H-pyrrole nitrogens is 1. The van der Waals surface area contributed by atoms with E-state index in [1.807, 2.05) is 30.3 Å². The van der Waals surface area contributed by atoms with Crippen LogP contribution >= 0.6 is 23.7 Å². The Labute approximate surface area is 211 Å². The molecule has 9 nitrogen and oxygen atoms in total. The normalized spacial score (nSPS) is 17.9. The lowest BCUT2D eigenvalue weighted by Gasteiger charge is -2.36. The highest BCUT2D eigenvalue weighted by Gasteiger charge is 2.32. The van der Waals surface area contributed by atoms with E-state index in [1.54, 1.807) is 30.0 Å². The molecule has 1 aromatic carbocycles. The molecule has 0 bridgehead atoms. The molecule has 4 heterocycles. The highest BCUT2D eigenvalue weighted by Crippen LogP contribution is 2.35. The topological polar surface area (TPSA) is 112 Å². The highest BCUT2D eigenvalue weighted by molar-refractivity contribution is 8.15. The van der Waals surface area contributed by atoms with Crippen molar-refractivity contribution in [2.75, 3.05) is 44.7 Å². The van der Waals surface area contributed by atoms with Crippen molar-refractivity contribution in [3.63, 3.8) is 0 Å². The summed E-state index contributed by atoms with van der Waals surface area (Å²) in [6.45, 7) is 2.44. The van der Waals surface area contributed by atoms with Gasteiger partial charge in [-0.3, -0.25) is 9.79 Å². The summed E-state index contributed by atoms with van der Waals surface area (Å²) in [7, 11) is 1.65. The average Bonchev–Trinajstić information content (AvgIpc) is 3.48. The number of hydrogen-bond donors (Lipinski definition) is 3. The van der Waals surface area contributed by atoms with E-state index in [-0.39, 0.29) is 17.3 Å². The fourth-order valence-corrected chi connectivity index (χ4v) is 5.62. The number of aliphatic hydroxyl groups is 1. The van der Waals surface area contributed by atoms with E-state index in [0.29, 0.717) is 39.3 Å². The second-order valence-electron chi connectivity index (χ2n) is 8.37. The minimum atomic E-state index is -0.379. The second kappa shape index (κ2) is 10.9. The number of aromatic nitrogens is 2. The lowest BCUT2D eigenvalue weighted by Crippen LogP contribution is -2.53. The number of benzene rings is 1. The van der Waals surface area contributed by atoms with E-state index in [9.17, 15) is 9.90 Å². The number of β-amino-alcohol motifs (C(OH)–C–C–N with tert-alkyl or cyclic N) is 1. The van der Waals surface area contributed by atoms with Crippen LogP contribution in [0.25, 0.3) is 10.9 Å². The minimum Gasteiger partial charge on any atom is -0.491 e. The zero-order valence-electron chi connectivity index (χ0n) is 19.3. The molecule has 1 saturated heterocycles. The fourth-order valence-electron chi connectivity index (χ4n) is 3.91. The first-order valence-corrected chi connectivity index (χ1v) is 13.1. The van der Waals surface area contributed by atoms with Crippen molar-refractivity contribution in [3.8, 4) is 5.75 Å². The predicted octanol–water partition coefficient (Wildman–Crippen LogP) is 3.16. The quantitative estimate of drug-likeness (QED) is 0.280. The van der Waals surface area contributed by atoms with Gasteiger partial charge in [-0.1, -0.05) is 17.8 Å². The van der Waals surface area contributed by atoms with Gasteiger partial charge in [-0.05, 0) is 24.3 Å². The summed E-state index contributed by atoms with van der Waals surface area (Å²) in [4.78, 5) is 26.7. The van der Waals surface area contributed by atoms with Gasteiger partial charge in [0.2, 0.25) is 5.91 Å². The second-order valence-corrected chi connectivity index (χ2v) is 10.5. The van der Waals surface area contributed by atoms with Crippen LogP contribution in [0.2, 0.25) is 0 Å². The Morgan fingerprint density at radius 1 is 1.31 bits per heavy atom. The number of thioether (sulfide) groups is 1. The molecule has 11 heteroatoms. The Kier molecular flexibility index (Phi) is 7.47. The molecule has 0 aliphatic carbocycles. The summed E-state index contributed by atoms with van der Waals surface area (Å²) in [5.74, 6) is 0.822. The van der Waals surface area contributed by atoms with Crippen LogP contribution in [0.1, 0.15) is 12.1 Å². The molecule has 0 radical (unpaired) electrons. The maximum atomic E-state index is 12.4. The Morgan fingerprint density at radius 2 is 2.20 bits per heavy atom. The first-order valence-electron chi connectivity index (χ1n) is 11.4. The smallest absolute Gasteiger partial charge is 0.223 e. The number of nitrogens with one attached hydrogen (secondary N) is 2. The van der Waals surface area contributed by atoms with Gasteiger partial charge in [-0.25, -0.2) is 4.98 Å². The van der Waals surface area contributed by atoms with Gasteiger partial charge in [0.1, 0.15) is 22.4 Å². The molecule has 1 amide bonds. The fraction of sp³-hybridized carbons (Fsp3) is 0.375. The number of hydrogen-bond acceptors (Lipinski definition) is 9. The molecule has 1 fully saturated rings. The van der Waals surface area contributed by atoms with Crippen LogP contribution in [-0.4, -0.2) is 82.2 Å². The number of fused-ring (bicyclic) bond motifs is 1. The van der Waals surface area contributed by atoms with Gasteiger partial charge in [0.15, 0.2) is 0 Å². The number of rotatable bonds is 10. The number of methoxy groups -OCH3 is 1. The molecule has 3 N–H and O–H groups in total. The van der Waals surface area contributed by atoms with Crippen LogP contribution < -0.4 is 9.46 Å². The number of nitrogens with zero attached hydrogens (tertiary/aromatic N) is 3. The molecule has 2 aromatic heterocycles. The number of carbonyl (C=O) groups is 1. The molecular formula is C24H27N5O4S2. The maximum absolute atomic E-state index is 12.4. The van der Waals surface area contributed by atoms with Crippen molar-refractivity contribution < 1.29 is 19.4 Å². The maximum Gasteiger partial charge on any atom is 0.223 e. The summed E-state index contributed by atoms with van der Waals surface area (Å²) < 4.78 is 14.4. The van der Waals surface area contributed by atoms with Crippen LogP contribution in [0, 0.1) is 0 Å². The van der Waals surface area contributed by atoms with Crippen LogP contribution in [0.3, 0.4) is 0 Å². The van der Waals surface area contributed by atoms with Crippen LogP contribution in [0.4, 0.5) is 5.69 Å². The molecular weight excluding hydrogens is 486 g/mol. The molecule has 0 saturated carbocycles. The number of likely N-dealkylation sites (tertiary alicyclic amines) is 1. The molecule has 184 valence electrons. The number of aliphatic imine (C=N–C) groups is 1. The van der Waals surface area contributed by atoms with Crippen molar-refractivity contribution in [2.45, 2.75) is 22.8 Å². The van der Waals surface area contributed by atoms with Crippen molar-refractivity contribution in [2.24, 2.45) is 4.99 Å². The summed E-state index contributed by atoms with van der Waals surface area (Å²) >= 11 is 3.05. The summed E-state index contributed by atoms with van der Waals surface area (Å²) in [5.41, 5.74) is 2.74. The Bertz CT molecular complexity index is 1210. The van der Waals surface area contributed by atoms with Crippen molar-refractivity contribution in [3.05, 3.63) is 48.3 Å². The van der Waals surface area contributed by atoms with Crippen LogP contribution in [-0.2, 0) is 9.53 Å². The van der Waals surface area contributed by atoms with E-state index in [1.165, 1.54) is 11.9 Å². The summed E-state index contributed by atoms with van der Waals surface area (Å²) in [5, 5.41) is 12.3. The average molecular weight is 514 g/mol. The Balaban J connectivity index is 1.32. The molecule has 3 aromatic rings. The number of aromatic amines is 1. The molecule has 1 unspecified atom stereocenters. The number of pyridine rings is 1. The predicted molar refractivity (Wildman–Crippen MR) is 139 cm³/mol. The molecule has 5 rings (SSSR count). The Hall–Kier alpha value is -2.73. The van der Waals surface area contributed by atoms with Gasteiger partial charge >= 0.3 is 0 Å². The van der Waals surface area contributed by atoms with Gasteiger partial charge in [0.05, 0.1) is 36.2 Å². The van der Waals surface area contributed by atoms with E-state index in [0.717, 1.165) is 38.1 Å². The zero-order valence-corrected chi connectivity index (χ0v) is 20.9. The lowest BCUT2D eigenvalue weighted by molar-refractivity contribution is -0.141. The highest BCUT2D eigenvalue weighted by atomic mass is 32.2. The van der Waals surface area contributed by atoms with Crippen molar-refractivity contribution in [1.82, 2.24) is 14.9 Å². The van der Waals surface area contributed by atoms with E-state index in [2.05, 4.69) is 20.8 Å². The largest absolute Gasteiger partial charge is 0.491 e. The van der Waals surface area contributed by atoms with Gasteiger partial charge in [0, 0.05) is 61.5 Å². The lowest BCUT2D eigenvalue weighted by atomic mass is 10.1. The zero-order chi connectivity index (χ0) is 24.2. The summed E-state index contributed by atoms with van der Waals surface area (Å²) in [6, 6.07) is 11.8. The van der Waals surface area contributed by atoms with Crippen LogP contribution in [0.15, 0.2) is 52.6 Å². The van der Waals surface area contributed by atoms with E-state index < -0.39 is 0 Å². The van der Waals surface area contributed by atoms with Gasteiger partial charge in [0.25, 0.3) is 0 Å². The molecule has 1 atom stereocenters. The first-order chi connectivity index (χ1) is 17.1. The number of carbonyl (C=O) groups excluding carboxylic acids is 1. The molecule has 35 heavy (non-hydrogen) atoms. The van der Waals surface area contributed by atoms with E-state index in [4.69, 9.17) is 14.5 Å². The first kappa shape index (κ1) is 24.0. The Morgan fingerprint density at radius 3 is 2.97 bits per heavy atom. The third-order valence-electron chi connectivity index (χ3n) is 5.73. The van der Waals surface area contributed by atoms with Gasteiger partial charge in [-0.15, -0.1) is 0 Å². The van der Waals surface area contributed by atoms with E-state index >= 15 is 0 Å². The van der Waals surface area contributed by atoms with Gasteiger partial charge in [-0.2, -0.15) is 0 Å². The summed E-state index contributed by atoms with van der Waals surface area (Å²) in [6.07, 6.45) is 1.81. The van der Waals surface area contributed by atoms with Crippen molar-refractivity contribution in [1.29, 1.82) is 0 Å². The SMILES string of the molecule is COCCOc1cc(NSc2ccccn2)c2[nH]c(C3=NCC(CC(=O)N4CC(O)C4)S3)cc2c1. The monoisotopic (exact) mass is 513 g/mol. The third-order valence-corrected chi connectivity index (χ3v) is 7.72. The van der Waals surface area contributed by atoms with Crippen molar-refractivity contribution >= 4 is 51.3 Å². The van der Waals surface area contributed by atoms with Crippen LogP contribution in [0.5, 0.6) is 5.75 Å². The number of anilines is 1. The standard InChI is InChI=1S/C24H27N5O4S2/c1-32-6-7-33-17-8-15-9-20(24-26-12-18(34-24)11-22(31)29-13-16(30)14-29)27-23(15)19(10-17)28-35-21-4-2-3-5-25-21/h2-5,8-10,16,18,27-28,30H,6-7,11-14H2,1H3.